The van der Waals surface area contributed by atoms with Crippen molar-refractivity contribution in [2.75, 3.05) is 13.6 Å². The first kappa shape index (κ1) is 8.44. The standard InChI is InChI=1S/C8H15N/c1-4-6-8(5-2)7-9-3/h4-5,8-9H,1-2,6-7H2,3H3. The van der Waals surface area contributed by atoms with Crippen LogP contribution in [0.4, 0.5) is 0 Å². The molecule has 1 nitrogen and oxygen atoms in total. The van der Waals surface area contributed by atoms with Crippen LogP contribution in [-0.4, -0.2) is 13.6 Å². The predicted octanol–water partition coefficient (Wildman–Crippen LogP) is 1.58. The zero-order valence-electron chi connectivity index (χ0n) is 6.06. The normalized spacial score (nSPS) is 12.6. The molecule has 0 aromatic rings. The highest BCUT2D eigenvalue weighted by molar-refractivity contribution is 4.85. The lowest BCUT2D eigenvalue weighted by atomic mass is 10.1. The van der Waals surface area contributed by atoms with Crippen molar-refractivity contribution in [1.82, 2.24) is 5.32 Å². The van der Waals surface area contributed by atoms with Crippen LogP contribution in [-0.2, 0) is 0 Å². The highest BCUT2D eigenvalue weighted by atomic mass is 14.8. The van der Waals surface area contributed by atoms with Gasteiger partial charge in [0.15, 0.2) is 0 Å². The van der Waals surface area contributed by atoms with E-state index in [1.165, 1.54) is 0 Å². The summed E-state index contributed by atoms with van der Waals surface area (Å²) in [5, 5.41) is 3.08. The molecule has 1 unspecified atom stereocenters. The van der Waals surface area contributed by atoms with Crippen molar-refractivity contribution in [2.24, 2.45) is 5.92 Å². The van der Waals surface area contributed by atoms with Gasteiger partial charge in [-0.1, -0.05) is 12.2 Å². The van der Waals surface area contributed by atoms with Crippen LogP contribution in [0.1, 0.15) is 6.42 Å². The van der Waals surface area contributed by atoms with Gasteiger partial charge in [-0.15, -0.1) is 13.2 Å². The summed E-state index contributed by atoms with van der Waals surface area (Å²) in [5.41, 5.74) is 0. The van der Waals surface area contributed by atoms with E-state index >= 15 is 0 Å². The minimum atomic E-state index is 0.549. The summed E-state index contributed by atoms with van der Waals surface area (Å²) < 4.78 is 0. The van der Waals surface area contributed by atoms with Gasteiger partial charge in [0.05, 0.1) is 0 Å². The van der Waals surface area contributed by atoms with E-state index in [1.807, 2.05) is 19.2 Å². The second-order valence-electron chi connectivity index (χ2n) is 2.08. The minimum absolute atomic E-state index is 0.549. The fraction of sp³-hybridized carbons (Fsp3) is 0.500. The molecular formula is C8H15N. The highest BCUT2D eigenvalue weighted by Gasteiger charge is 1.96. The van der Waals surface area contributed by atoms with Crippen molar-refractivity contribution < 1.29 is 0 Å². The molecule has 0 radical (unpaired) electrons. The molecule has 9 heavy (non-hydrogen) atoms. The molecule has 0 aromatic carbocycles. The Morgan fingerprint density at radius 3 is 2.56 bits per heavy atom. The Kier molecular flexibility index (Phi) is 5.23. The molecule has 0 aliphatic rings. The molecule has 0 heterocycles. The molecule has 0 saturated heterocycles. The molecule has 0 saturated carbocycles. The summed E-state index contributed by atoms with van der Waals surface area (Å²) in [6.07, 6.45) is 4.90. The molecule has 1 heteroatoms. The van der Waals surface area contributed by atoms with Crippen molar-refractivity contribution in [2.45, 2.75) is 6.42 Å². The molecule has 0 rings (SSSR count). The highest BCUT2D eigenvalue weighted by Crippen LogP contribution is 2.01. The van der Waals surface area contributed by atoms with Gasteiger partial charge in [-0.2, -0.15) is 0 Å². The number of nitrogens with one attached hydrogen (secondary N) is 1. The molecule has 0 aromatic heterocycles. The lowest BCUT2D eigenvalue weighted by molar-refractivity contribution is 0.607. The minimum Gasteiger partial charge on any atom is -0.319 e. The predicted molar refractivity (Wildman–Crippen MR) is 42.4 cm³/mol. The van der Waals surface area contributed by atoms with Crippen molar-refractivity contribution in [3.05, 3.63) is 25.3 Å². The SMILES string of the molecule is C=CCC(C=C)CNC. The first-order valence-electron chi connectivity index (χ1n) is 3.23. The molecule has 0 aliphatic heterocycles. The fourth-order valence-electron chi connectivity index (χ4n) is 0.739. The van der Waals surface area contributed by atoms with E-state index in [-0.39, 0.29) is 0 Å². The smallest absolute Gasteiger partial charge is 0.00140 e. The first-order chi connectivity index (χ1) is 4.35. The van der Waals surface area contributed by atoms with Crippen molar-refractivity contribution in [3.63, 3.8) is 0 Å². The van der Waals surface area contributed by atoms with Gasteiger partial charge in [0.25, 0.3) is 0 Å². The summed E-state index contributed by atoms with van der Waals surface area (Å²) >= 11 is 0. The zero-order valence-corrected chi connectivity index (χ0v) is 6.06. The van der Waals surface area contributed by atoms with E-state index in [0.717, 1.165) is 13.0 Å². The van der Waals surface area contributed by atoms with Gasteiger partial charge in [-0.3, -0.25) is 0 Å². The summed E-state index contributed by atoms with van der Waals surface area (Å²) in [6, 6.07) is 0. The van der Waals surface area contributed by atoms with E-state index in [4.69, 9.17) is 0 Å². The molecule has 1 atom stereocenters. The van der Waals surface area contributed by atoms with Crippen LogP contribution < -0.4 is 5.32 Å². The van der Waals surface area contributed by atoms with Gasteiger partial charge in [-0.05, 0) is 19.4 Å². The van der Waals surface area contributed by atoms with E-state index in [9.17, 15) is 0 Å². The number of allylic oxidation sites excluding steroid dienone is 1. The summed E-state index contributed by atoms with van der Waals surface area (Å²) in [5.74, 6) is 0.549. The second kappa shape index (κ2) is 5.57. The Labute approximate surface area is 57.5 Å². The van der Waals surface area contributed by atoms with Crippen molar-refractivity contribution in [1.29, 1.82) is 0 Å². The number of hydrogen-bond donors (Lipinski definition) is 1. The molecule has 1 N–H and O–H groups in total. The van der Waals surface area contributed by atoms with Gasteiger partial charge in [0, 0.05) is 6.54 Å². The fourth-order valence-corrected chi connectivity index (χ4v) is 0.739. The molecule has 0 aliphatic carbocycles. The molecule has 0 spiro atoms. The maximum Gasteiger partial charge on any atom is 0.00140 e. The maximum atomic E-state index is 3.71. The van der Waals surface area contributed by atoms with E-state index in [2.05, 4.69) is 18.5 Å². The number of hydrogen-bond acceptors (Lipinski definition) is 1. The van der Waals surface area contributed by atoms with Crippen LogP contribution in [0.25, 0.3) is 0 Å². The van der Waals surface area contributed by atoms with E-state index in [0.29, 0.717) is 5.92 Å². The molecule has 0 fully saturated rings. The first-order valence-corrected chi connectivity index (χ1v) is 3.23. The Morgan fingerprint density at radius 2 is 2.22 bits per heavy atom. The van der Waals surface area contributed by atoms with Crippen LogP contribution in [0.2, 0.25) is 0 Å². The quantitative estimate of drug-likeness (QED) is 0.550. The topological polar surface area (TPSA) is 12.0 Å². The van der Waals surface area contributed by atoms with Crippen molar-refractivity contribution in [3.8, 4) is 0 Å². The molecule has 0 bridgehead atoms. The Morgan fingerprint density at radius 1 is 1.56 bits per heavy atom. The maximum absolute atomic E-state index is 3.71. The molecule has 52 valence electrons. The van der Waals surface area contributed by atoms with Crippen LogP contribution in [0.3, 0.4) is 0 Å². The van der Waals surface area contributed by atoms with Crippen LogP contribution in [0, 0.1) is 5.92 Å². The third-order valence-electron chi connectivity index (χ3n) is 1.27. The summed E-state index contributed by atoms with van der Waals surface area (Å²) in [4.78, 5) is 0. The van der Waals surface area contributed by atoms with Gasteiger partial charge in [0.2, 0.25) is 0 Å². The van der Waals surface area contributed by atoms with Crippen LogP contribution in [0.5, 0.6) is 0 Å². The van der Waals surface area contributed by atoms with Crippen molar-refractivity contribution >= 4 is 0 Å². The van der Waals surface area contributed by atoms with Gasteiger partial charge in [0.1, 0.15) is 0 Å². The summed E-state index contributed by atoms with van der Waals surface area (Å²) in [6.45, 7) is 8.36. The lowest BCUT2D eigenvalue weighted by Gasteiger charge is -2.06. The Bertz CT molecular complexity index is 86.6. The number of rotatable bonds is 5. The van der Waals surface area contributed by atoms with Crippen LogP contribution in [0.15, 0.2) is 25.3 Å². The largest absolute Gasteiger partial charge is 0.319 e. The van der Waals surface area contributed by atoms with Crippen LogP contribution >= 0.6 is 0 Å². The van der Waals surface area contributed by atoms with Gasteiger partial charge >= 0.3 is 0 Å². The third-order valence-corrected chi connectivity index (χ3v) is 1.27. The van der Waals surface area contributed by atoms with E-state index in [1.54, 1.807) is 0 Å². The lowest BCUT2D eigenvalue weighted by Crippen LogP contribution is -2.16. The molecule has 0 amide bonds. The Balaban J connectivity index is 3.40. The summed E-state index contributed by atoms with van der Waals surface area (Å²) in [7, 11) is 1.94. The van der Waals surface area contributed by atoms with E-state index < -0.39 is 0 Å². The van der Waals surface area contributed by atoms with Gasteiger partial charge < -0.3 is 5.32 Å². The van der Waals surface area contributed by atoms with Gasteiger partial charge in [-0.25, -0.2) is 0 Å². The third kappa shape index (κ3) is 3.98. The monoisotopic (exact) mass is 125 g/mol. The Hall–Kier alpha value is -0.560. The zero-order chi connectivity index (χ0) is 7.11. The molecular weight excluding hydrogens is 110 g/mol. The average molecular weight is 125 g/mol. The average Bonchev–Trinajstić information content (AvgIpc) is 1.88. The second-order valence-corrected chi connectivity index (χ2v) is 2.08.